The lowest BCUT2D eigenvalue weighted by Gasteiger charge is -2.35. The first-order valence-electron chi connectivity index (χ1n) is 9.32. The van der Waals surface area contributed by atoms with Crippen LogP contribution in [0.5, 0.6) is 0 Å². The van der Waals surface area contributed by atoms with Crippen LogP contribution >= 0.6 is 0 Å². The second kappa shape index (κ2) is 8.97. The summed E-state index contributed by atoms with van der Waals surface area (Å²) in [5.41, 5.74) is 2.04. The largest absolute Gasteiger partial charge is 0.324 e. The molecule has 0 bridgehead atoms. The van der Waals surface area contributed by atoms with Crippen LogP contribution in [0.1, 0.15) is 51.5 Å². The number of hydrogen-bond donors (Lipinski definition) is 2. The fraction of sp³-hybridized carbons (Fsp3) is 0.632. The molecule has 1 heterocycles. The first-order valence-corrected chi connectivity index (χ1v) is 11.2. The molecule has 7 heteroatoms. The topological polar surface area (TPSA) is 78.5 Å². The summed E-state index contributed by atoms with van der Waals surface area (Å²) in [6, 6.07) is 7.67. The van der Waals surface area contributed by atoms with Crippen molar-refractivity contribution in [2.75, 3.05) is 24.7 Å². The summed E-state index contributed by atoms with van der Waals surface area (Å²) < 4.78 is 25.4. The quantitative estimate of drug-likeness (QED) is 0.761. The van der Waals surface area contributed by atoms with Crippen LogP contribution in [0.4, 0.5) is 5.69 Å². The standard InChI is InChI=1S/C19H31N3O3S/c1-5-14(2)17-8-6-7-9-18(17)20-19(23)15(3)22-12-10-16(11-13-22)21-26(4,24)25/h6-9,14-16,21H,5,10-13H2,1-4H3,(H,20,23). The summed E-state index contributed by atoms with van der Waals surface area (Å²) in [7, 11) is -3.18. The Balaban J connectivity index is 1.95. The number of piperidine rings is 1. The minimum absolute atomic E-state index is 0.0183. The number of hydrogen-bond acceptors (Lipinski definition) is 4. The van der Waals surface area contributed by atoms with E-state index in [-0.39, 0.29) is 18.0 Å². The molecule has 1 aromatic carbocycles. The van der Waals surface area contributed by atoms with Gasteiger partial charge in [0.1, 0.15) is 0 Å². The van der Waals surface area contributed by atoms with E-state index >= 15 is 0 Å². The van der Waals surface area contributed by atoms with Gasteiger partial charge in [0.15, 0.2) is 0 Å². The zero-order valence-corrected chi connectivity index (χ0v) is 17.0. The number of sulfonamides is 1. The number of para-hydroxylation sites is 1. The number of carbonyl (C=O) groups is 1. The maximum Gasteiger partial charge on any atom is 0.241 e. The summed E-state index contributed by atoms with van der Waals surface area (Å²) in [6.07, 6.45) is 3.63. The highest BCUT2D eigenvalue weighted by molar-refractivity contribution is 7.88. The number of amides is 1. The minimum atomic E-state index is -3.18. The monoisotopic (exact) mass is 381 g/mol. The van der Waals surface area contributed by atoms with E-state index in [2.05, 4.69) is 34.9 Å². The van der Waals surface area contributed by atoms with E-state index in [9.17, 15) is 13.2 Å². The molecule has 26 heavy (non-hydrogen) atoms. The van der Waals surface area contributed by atoms with Gasteiger partial charge in [0, 0.05) is 24.8 Å². The second-order valence-corrected chi connectivity index (χ2v) is 9.04. The van der Waals surface area contributed by atoms with E-state index in [4.69, 9.17) is 0 Å². The van der Waals surface area contributed by atoms with Gasteiger partial charge in [-0.2, -0.15) is 0 Å². The second-order valence-electron chi connectivity index (χ2n) is 7.26. The van der Waals surface area contributed by atoms with Crippen LogP contribution in [0.15, 0.2) is 24.3 Å². The van der Waals surface area contributed by atoms with Crippen LogP contribution < -0.4 is 10.0 Å². The molecule has 2 unspecified atom stereocenters. The van der Waals surface area contributed by atoms with Crippen molar-refractivity contribution in [2.24, 2.45) is 0 Å². The molecule has 1 aromatic rings. The zero-order chi connectivity index (χ0) is 19.3. The fourth-order valence-corrected chi connectivity index (χ4v) is 4.21. The Morgan fingerprint density at radius 2 is 1.85 bits per heavy atom. The normalized spacial score (nSPS) is 19.1. The first-order chi connectivity index (χ1) is 12.2. The molecular weight excluding hydrogens is 350 g/mol. The average molecular weight is 382 g/mol. The number of anilines is 1. The van der Waals surface area contributed by atoms with Gasteiger partial charge in [0.25, 0.3) is 0 Å². The SMILES string of the molecule is CCC(C)c1ccccc1NC(=O)C(C)N1CCC(NS(C)(=O)=O)CC1. The molecule has 1 saturated heterocycles. The Labute approximate surface area is 157 Å². The molecule has 0 aromatic heterocycles. The Kier molecular flexibility index (Phi) is 7.20. The Morgan fingerprint density at radius 3 is 2.42 bits per heavy atom. The van der Waals surface area contributed by atoms with Crippen molar-refractivity contribution in [1.82, 2.24) is 9.62 Å². The predicted molar refractivity (Wildman–Crippen MR) is 106 cm³/mol. The molecule has 0 aliphatic carbocycles. The number of carbonyl (C=O) groups excluding carboxylic acids is 1. The van der Waals surface area contributed by atoms with Crippen molar-refractivity contribution in [2.45, 2.75) is 58.0 Å². The maximum atomic E-state index is 12.7. The predicted octanol–water partition coefficient (Wildman–Crippen LogP) is 2.54. The van der Waals surface area contributed by atoms with Gasteiger partial charge >= 0.3 is 0 Å². The van der Waals surface area contributed by atoms with E-state index in [0.717, 1.165) is 17.7 Å². The third-order valence-electron chi connectivity index (χ3n) is 5.20. The molecule has 146 valence electrons. The Bertz CT molecular complexity index is 712. The van der Waals surface area contributed by atoms with E-state index in [0.29, 0.717) is 31.8 Å². The van der Waals surface area contributed by atoms with Crippen molar-refractivity contribution in [3.8, 4) is 0 Å². The summed E-state index contributed by atoms with van der Waals surface area (Å²) >= 11 is 0. The smallest absolute Gasteiger partial charge is 0.241 e. The van der Waals surface area contributed by atoms with E-state index in [1.54, 1.807) is 0 Å². The Morgan fingerprint density at radius 1 is 1.23 bits per heavy atom. The molecule has 6 nitrogen and oxygen atoms in total. The molecule has 2 N–H and O–H groups in total. The third-order valence-corrected chi connectivity index (χ3v) is 5.96. The average Bonchev–Trinajstić information content (AvgIpc) is 2.60. The van der Waals surface area contributed by atoms with Crippen LogP contribution in [-0.4, -0.2) is 50.7 Å². The number of likely N-dealkylation sites (tertiary alicyclic amines) is 1. The van der Waals surface area contributed by atoms with Crippen LogP contribution in [0, 0.1) is 0 Å². The molecule has 0 saturated carbocycles. The van der Waals surface area contributed by atoms with Crippen molar-refractivity contribution in [1.29, 1.82) is 0 Å². The van der Waals surface area contributed by atoms with E-state index < -0.39 is 10.0 Å². The lowest BCUT2D eigenvalue weighted by atomic mass is 9.96. The highest BCUT2D eigenvalue weighted by Gasteiger charge is 2.28. The highest BCUT2D eigenvalue weighted by Crippen LogP contribution is 2.27. The van der Waals surface area contributed by atoms with Crippen LogP contribution in [0.2, 0.25) is 0 Å². The summed E-state index contributed by atoms with van der Waals surface area (Å²) in [6.45, 7) is 7.61. The molecule has 1 amide bonds. The van der Waals surface area contributed by atoms with Gasteiger partial charge in [-0.3, -0.25) is 9.69 Å². The van der Waals surface area contributed by atoms with Crippen molar-refractivity contribution < 1.29 is 13.2 Å². The number of nitrogens with one attached hydrogen (secondary N) is 2. The lowest BCUT2D eigenvalue weighted by Crippen LogP contribution is -2.50. The van der Waals surface area contributed by atoms with Gasteiger partial charge < -0.3 is 5.32 Å². The number of rotatable bonds is 7. The van der Waals surface area contributed by atoms with E-state index in [1.807, 2.05) is 25.1 Å². The highest BCUT2D eigenvalue weighted by atomic mass is 32.2. The third kappa shape index (κ3) is 5.79. The first kappa shape index (κ1) is 20.9. The van der Waals surface area contributed by atoms with Gasteiger partial charge in [-0.1, -0.05) is 32.0 Å². The van der Waals surface area contributed by atoms with Crippen molar-refractivity contribution in [3.05, 3.63) is 29.8 Å². The molecule has 2 atom stereocenters. The molecule has 2 rings (SSSR count). The summed E-state index contributed by atoms with van der Waals surface area (Å²) in [5.74, 6) is 0.370. The minimum Gasteiger partial charge on any atom is -0.324 e. The lowest BCUT2D eigenvalue weighted by molar-refractivity contribution is -0.121. The fourth-order valence-electron chi connectivity index (χ4n) is 3.37. The molecular formula is C19H31N3O3S. The zero-order valence-electron chi connectivity index (χ0n) is 16.2. The van der Waals surface area contributed by atoms with Gasteiger partial charge in [-0.05, 0) is 43.7 Å². The van der Waals surface area contributed by atoms with Crippen LogP contribution in [-0.2, 0) is 14.8 Å². The summed E-state index contributed by atoms with van der Waals surface area (Å²) in [5, 5.41) is 3.08. The van der Waals surface area contributed by atoms with Crippen LogP contribution in [0.25, 0.3) is 0 Å². The van der Waals surface area contributed by atoms with Gasteiger partial charge in [0.2, 0.25) is 15.9 Å². The molecule has 1 fully saturated rings. The summed E-state index contributed by atoms with van der Waals surface area (Å²) in [4.78, 5) is 14.8. The van der Waals surface area contributed by atoms with Gasteiger partial charge in [-0.15, -0.1) is 0 Å². The van der Waals surface area contributed by atoms with Crippen LogP contribution in [0.3, 0.4) is 0 Å². The molecule has 1 aliphatic heterocycles. The number of nitrogens with zero attached hydrogens (tertiary/aromatic N) is 1. The Hall–Kier alpha value is -1.44. The van der Waals surface area contributed by atoms with Gasteiger partial charge in [-0.25, -0.2) is 13.1 Å². The number of benzene rings is 1. The molecule has 0 radical (unpaired) electrons. The molecule has 1 aliphatic rings. The van der Waals surface area contributed by atoms with E-state index in [1.165, 1.54) is 6.26 Å². The van der Waals surface area contributed by atoms with Crippen molar-refractivity contribution in [3.63, 3.8) is 0 Å². The van der Waals surface area contributed by atoms with Crippen molar-refractivity contribution >= 4 is 21.6 Å². The maximum absolute atomic E-state index is 12.7. The molecule has 0 spiro atoms. The van der Waals surface area contributed by atoms with Gasteiger partial charge in [0.05, 0.1) is 12.3 Å².